The van der Waals surface area contributed by atoms with E-state index in [4.69, 9.17) is 0 Å². The van der Waals surface area contributed by atoms with Crippen LogP contribution in [-0.2, 0) is 0 Å². The van der Waals surface area contributed by atoms with E-state index in [0.29, 0.717) is 10.8 Å². The first kappa shape index (κ1) is 17.1. The van der Waals surface area contributed by atoms with Crippen molar-refractivity contribution in [2.45, 2.75) is 31.1 Å². The number of nitrogens with one attached hydrogen (secondary N) is 2. The number of rotatable bonds is 6. The molecule has 1 fully saturated rings. The first-order valence-corrected chi connectivity index (χ1v) is 8.81. The van der Waals surface area contributed by atoms with Gasteiger partial charge >= 0.3 is 0 Å². The molecule has 0 spiro atoms. The van der Waals surface area contributed by atoms with Gasteiger partial charge in [-0.15, -0.1) is 0 Å². The number of hydrogen-bond acceptors (Lipinski definition) is 3. The van der Waals surface area contributed by atoms with E-state index in [1.165, 1.54) is 30.7 Å². The molecule has 1 heterocycles. The van der Waals surface area contributed by atoms with Gasteiger partial charge in [0, 0.05) is 18.3 Å². The smallest absolute Gasteiger partial charge is 0.191 e. The van der Waals surface area contributed by atoms with E-state index < -0.39 is 6.10 Å². The number of aliphatic imine (C=N–C) groups is 1. The molecule has 2 rings (SSSR count). The lowest BCUT2D eigenvalue weighted by atomic mass is 10.1. The lowest BCUT2D eigenvalue weighted by molar-refractivity contribution is 0.187. The molecular weight excluding hydrogens is 301 g/mol. The fourth-order valence-corrected chi connectivity index (χ4v) is 3.53. The molecule has 0 amide bonds. The summed E-state index contributed by atoms with van der Waals surface area (Å²) in [6, 6.07) is 5.88. The highest BCUT2D eigenvalue weighted by Crippen LogP contribution is 2.25. The van der Waals surface area contributed by atoms with Crippen LogP contribution in [0.5, 0.6) is 0 Å². The van der Waals surface area contributed by atoms with Gasteiger partial charge < -0.3 is 15.7 Å². The van der Waals surface area contributed by atoms with Crippen LogP contribution in [0.1, 0.15) is 31.4 Å². The molecule has 0 bridgehead atoms. The van der Waals surface area contributed by atoms with E-state index in [9.17, 15) is 9.50 Å². The number of thioether (sulfide) groups is 1. The molecule has 0 aliphatic carbocycles. The number of benzene rings is 1. The van der Waals surface area contributed by atoms with Crippen LogP contribution < -0.4 is 10.6 Å². The Hall–Kier alpha value is -1.27. The average molecular weight is 325 g/mol. The molecule has 1 aliphatic heterocycles. The van der Waals surface area contributed by atoms with E-state index in [2.05, 4.69) is 15.6 Å². The fraction of sp³-hybridized carbons (Fsp3) is 0.562. The number of hydrogen-bond donors (Lipinski definition) is 3. The van der Waals surface area contributed by atoms with Crippen LogP contribution in [-0.4, -0.2) is 41.7 Å². The molecule has 1 aliphatic rings. The molecule has 1 saturated heterocycles. The standard InChI is InChI=1S/C16H24FN3OS/c1-2-18-16(19-10-14-4-3-9-22-14)20-11-15(21)12-5-7-13(17)8-6-12/h5-8,14-15,21H,2-4,9-11H2,1H3,(H2,18,19,20). The second kappa shape index (κ2) is 9.00. The topological polar surface area (TPSA) is 56.7 Å². The Labute approximate surface area is 135 Å². The van der Waals surface area contributed by atoms with Gasteiger partial charge in [-0.3, -0.25) is 4.99 Å². The molecule has 0 saturated carbocycles. The summed E-state index contributed by atoms with van der Waals surface area (Å²) in [7, 11) is 0. The highest BCUT2D eigenvalue weighted by Gasteiger charge is 2.15. The molecule has 2 atom stereocenters. The summed E-state index contributed by atoms with van der Waals surface area (Å²) >= 11 is 1.99. The molecule has 0 radical (unpaired) electrons. The normalized spacial score (nSPS) is 20.0. The monoisotopic (exact) mass is 325 g/mol. The van der Waals surface area contributed by atoms with Crippen LogP contribution in [0.2, 0.25) is 0 Å². The van der Waals surface area contributed by atoms with Crippen LogP contribution in [0.15, 0.2) is 29.3 Å². The molecule has 2 unspecified atom stereocenters. The van der Waals surface area contributed by atoms with Crippen molar-refractivity contribution in [1.29, 1.82) is 0 Å². The fourth-order valence-electron chi connectivity index (χ4n) is 2.33. The van der Waals surface area contributed by atoms with Crippen molar-refractivity contribution in [3.8, 4) is 0 Å². The van der Waals surface area contributed by atoms with Crippen LogP contribution >= 0.6 is 11.8 Å². The van der Waals surface area contributed by atoms with Crippen molar-refractivity contribution < 1.29 is 9.50 Å². The maximum absolute atomic E-state index is 12.9. The van der Waals surface area contributed by atoms with Crippen LogP contribution in [0.25, 0.3) is 0 Å². The Morgan fingerprint density at radius 2 is 2.18 bits per heavy atom. The average Bonchev–Trinajstić information content (AvgIpc) is 3.04. The maximum atomic E-state index is 12.9. The van der Waals surface area contributed by atoms with Gasteiger partial charge in [0.15, 0.2) is 5.96 Å². The quantitative estimate of drug-likeness (QED) is 0.555. The van der Waals surface area contributed by atoms with Crippen molar-refractivity contribution in [1.82, 2.24) is 10.6 Å². The summed E-state index contributed by atoms with van der Waals surface area (Å²) in [4.78, 5) is 4.41. The third-order valence-corrected chi connectivity index (χ3v) is 4.94. The minimum atomic E-state index is -0.725. The summed E-state index contributed by atoms with van der Waals surface area (Å²) in [5.41, 5.74) is 0.673. The number of aliphatic hydroxyl groups is 1. The van der Waals surface area contributed by atoms with Gasteiger partial charge in [-0.25, -0.2) is 4.39 Å². The minimum absolute atomic E-state index is 0.249. The van der Waals surface area contributed by atoms with Crippen molar-refractivity contribution >= 4 is 17.7 Å². The lowest BCUT2D eigenvalue weighted by Crippen LogP contribution is -2.40. The third kappa shape index (κ3) is 5.50. The van der Waals surface area contributed by atoms with Gasteiger partial charge in [-0.2, -0.15) is 11.8 Å². The summed E-state index contributed by atoms with van der Waals surface area (Å²) < 4.78 is 12.9. The molecule has 4 nitrogen and oxygen atoms in total. The van der Waals surface area contributed by atoms with E-state index in [-0.39, 0.29) is 12.4 Å². The summed E-state index contributed by atoms with van der Waals surface area (Å²) in [5, 5.41) is 17.3. The highest BCUT2D eigenvalue weighted by molar-refractivity contribution is 8.00. The zero-order valence-electron chi connectivity index (χ0n) is 12.9. The number of nitrogens with zero attached hydrogens (tertiary/aromatic N) is 1. The molecule has 122 valence electrons. The molecular formula is C16H24FN3OS. The van der Waals surface area contributed by atoms with Crippen LogP contribution in [0.3, 0.4) is 0 Å². The summed E-state index contributed by atoms with van der Waals surface area (Å²) in [5.74, 6) is 1.66. The molecule has 0 aromatic heterocycles. The van der Waals surface area contributed by atoms with E-state index in [1.807, 2.05) is 18.7 Å². The minimum Gasteiger partial charge on any atom is -0.386 e. The van der Waals surface area contributed by atoms with Gasteiger partial charge in [0.25, 0.3) is 0 Å². The number of halogens is 1. The predicted molar refractivity (Wildman–Crippen MR) is 90.8 cm³/mol. The first-order chi connectivity index (χ1) is 10.7. The molecule has 1 aromatic carbocycles. The molecule has 22 heavy (non-hydrogen) atoms. The van der Waals surface area contributed by atoms with Crippen molar-refractivity contribution in [3.05, 3.63) is 35.6 Å². The predicted octanol–water partition coefficient (Wildman–Crippen LogP) is 2.31. The summed E-state index contributed by atoms with van der Waals surface area (Å²) in [6.07, 6.45) is 1.81. The molecule has 1 aromatic rings. The Morgan fingerprint density at radius 1 is 1.41 bits per heavy atom. The lowest BCUT2D eigenvalue weighted by Gasteiger charge is -2.15. The second-order valence-electron chi connectivity index (χ2n) is 5.30. The third-order valence-electron chi connectivity index (χ3n) is 3.54. The highest BCUT2D eigenvalue weighted by atomic mass is 32.2. The number of aliphatic hydroxyl groups excluding tert-OH is 1. The Bertz CT molecular complexity index is 475. The van der Waals surface area contributed by atoms with Crippen LogP contribution in [0, 0.1) is 5.82 Å². The molecule has 6 heteroatoms. The van der Waals surface area contributed by atoms with Crippen molar-refractivity contribution in [2.24, 2.45) is 4.99 Å². The zero-order valence-corrected chi connectivity index (χ0v) is 13.7. The SMILES string of the molecule is CCNC(=NCC(O)c1ccc(F)cc1)NCC1CCCS1. The van der Waals surface area contributed by atoms with Gasteiger partial charge in [0.2, 0.25) is 0 Å². The van der Waals surface area contributed by atoms with E-state index in [1.54, 1.807) is 12.1 Å². The largest absolute Gasteiger partial charge is 0.386 e. The first-order valence-electron chi connectivity index (χ1n) is 7.76. The van der Waals surface area contributed by atoms with Gasteiger partial charge in [0.1, 0.15) is 5.82 Å². The maximum Gasteiger partial charge on any atom is 0.191 e. The zero-order chi connectivity index (χ0) is 15.8. The Morgan fingerprint density at radius 3 is 2.82 bits per heavy atom. The Balaban J connectivity index is 1.86. The molecule has 3 N–H and O–H groups in total. The van der Waals surface area contributed by atoms with Gasteiger partial charge in [0.05, 0.1) is 12.6 Å². The van der Waals surface area contributed by atoms with E-state index in [0.717, 1.165) is 19.0 Å². The van der Waals surface area contributed by atoms with Crippen molar-refractivity contribution in [3.63, 3.8) is 0 Å². The van der Waals surface area contributed by atoms with Crippen molar-refractivity contribution in [2.75, 3.05) is 25.4 Å². The summed E-state index contributed by atoms with van der Waals surface area (Å²) in [6.45, 7) is 3.93. The second-order valence-corrected chi connectivity index (χ2v) is 6.71. The Kier molecular flexibility index (Phi) is 6.99. The van der Waals surface area contributed by atoms with Gasteiger partial charge in [-0.1, -0.05) is 12.1 Å². The number of guanidine groups is 1. The van der Waals surface area contributed by atoms with Crippen LogP contribution in [0.4, 0.5) is 4.39 Å². The van der Waals surface area contributed by atoms with E-state index >= 15 is 0 Å². The van der Waals surface area contributed by atoms with Gasteiger partial charge in [-0.05, 0) is 43.2 Å².